The molecule has 1 aliphatic rings. The maximum Gasteiger partial charge on any atom is 0.285 e. The molecule has 1 fully saturated rings. The van der Waals surface area contributed by atoms with Gasteiger partial charge < -0.3 is 14.7 Å². The number of anilines is 2. The lowest BCUT2D eigenvalue weighted by atomic mass is 10.2. The number of halogens is 1. The first-order chi connectivity index (χ1) is 11.5. The molecule has 0 aromatic carbocycles. The zero-order chi connectivity index (χ0) is 17.1. The highest BCUT2D eigenvalue weighted by atomic mass is 35.5. The van der Waals surface area contributed by atoms with Crippen molar-refractivity contribution in [2.75, 3.05) is 50.1 Å². The van der Waals surface area contributed by atoms with Gasteiger partial charge >= 0.3 is 0 Å². The van der Waals surface area contributed by atoms with E-state index in [1.54, 1.807) is 6.20 Å². The zero-order valence-electron chi connectivity index (χ0n) is 13.9. The van der Waals surface area contributed by atoms with Gasteiger partial charge in [-0.1, -0.05) is 17.7 Å². The Morgan fingerprint density at radius 2 is 1.88 bits per heavy atom. The highest BCUT2D eigenvalue weighted by Crippen LogP contribution is 2.23. The number of pyridine rings is 1. The van der Waals surface area contributed by atoms with E-state index in [1.165, 1.54) is 5.56 Å². The van der Waals surface area contributed by atoms with Gasteiger partial charge in [0.05, 0.1) is 11.9 Å². The summed E-state index contributed by atoms with van der Waals surface area (Å²) in [7, 11) is 4.09. The van der Waals surface area contributed by atoms with Crippen molar-refractivity contribution in [1.29, 1.82) is 0 Å². The van der Waals surface area contributed by atoms with Gasteiger partial charge in [0.1, 0.15) is 10.8 Å². The van der Waals surface area contributed by atoms with Crippen molar-refractivity contribution < 1.29 is 0 Å². The van der Waals surface area contributed by atoms with Crippen molar-refractivity contribution in [3.8, 4) is 0 Å². The van der Waals surface area contributed by atoms with Crippen LogP contribution in [0.3, 0.4) is 0 Å². The van der Waals surface area contributed by atoms with Gasteiger partial charge in [0.2, 0.25) is 0 Å². The smallest absolute Gasteiger partial charge is 0.285 e. The quantitative estimate of drug-likeness (QED) is 0.895. The van der Waals surface area contributed by atoms with Gasteiger partial charge in [-0.15, -0.1) is 0 Å². The van der Waals surface area contributed by atoms with E-state index in [4.69, 9.17) is 11.6 Å². The number of rotatable bonds is 4. The molecule has 128 valence electrons. The molecule has 0 bridgehead atoms. The van der Waals surface area contributed by atoms with E-state index >= 15 is 0 Å². The van der Waals surface area contributed by atoms with E-state index in [0.29, 0.717) is 5.69 Å². The molecule has 0 unspecified atom stereocenters. The molecule has 0 atom stereocenters. The van der Waals surface area contributed by atoms with Gasteiger partial charge in [-0.3, -0.25) is 4.79 Å². The van der Waals surface area contributed by atoms with Crippen LogP contribution in [0.1, 0.15) is 5.56 Å². The zero-order valence-corrected chi connectivity index (χ0v) is 14.6. The van der Waals surface area contributed by atoms with Crippen LogP contribution in [0.25, 0.3) is 0 Å². The Morgan fingerprint density at radius 3 is 2.50 bits per heavy atom. The predicted molar refractivity (Wildman–Crippen MR) is 95.9 cm³/mol. The van der Waals surface area contributed by atoms with E-state index < -0.39 is 0 Å². The SMILES string of the molecule is CN(C)Cc1ccc(N2CCN(c3cn[nH]c(=O)c3Cl)CC2)nc1. The first-order valence-electron chi connectivity index (χ1n) is 7.87. The van der Waals surface area contributed by atoms with Crippen molar-refractivity contribution >= 4 is 23.1 Å². The van der Waals surface area contributed by atoms with Crippen molar-refractivity contribution in [2.24, 2.45) is 0 Å². The molecule has 3 heterocycles. The van der Waals surface area contributed by atoms with E-state index in [9.17, 15) is 4.79 Å². The number of aromatic nitrogens is 3. The second-order valence-electron chi connectivity index (χ2n) is 6.13. The lowest BCUT2D eigenvalue weighted by molar-refractivity contribution is 0.402. The summed E-state index contributed by atoms with van der Waals surface area (Å²) < 4.78 is 0. The van der Waals surface area contributed by atoms with Crippen LogP contribution in [0.4, 0.5) is 11.5 Å². The maximum atomic E-state index is 11.6. The summed E-state index contributed by atoms with van der Waals surface area (Å²) in [6, 6.07) is 4.18. The first kappa shape index (κ1) is 16.7. The molecular weight excluding hydrogens is 328 g/mol. The second kappa shape index (κ2) is 7.19. The number of piperazine rings is 1. The van der Waals surface area contributed by atoms with Crippen LogP contribution in [0, 0.1) is 0 Å². The number of hydrogen-bond donors (Lipinski definition) is 1. The summed E-state index contributed by atoms with van der Waals surface area (Å²) in [6.07, 6.45) is 3.53. The Balaban J connectivity index is 1.64. The molecule has 3 rings (SSSR count). The molecule has 1 aliphatic heterocycles. The molecule has 2 aromatic rings. The minimum Gasteiger partial charge on any atom is -0.365 e. The van der Waals surface area contributed by atoms with E-state index in [2.05, 4.69) is 42.0 Å². The van der Waals surface area contributed by atoms with Gasteiger partial charge in [-0.05, 0) is 25.7 Å². The van der Waals surface area contributed by atoms with Gasteiger partial charge in [-0.2, -0.15) is 5.10 Å². The molecule has 0 amide bonds. The molecule has 8 heteroatoms. The average molecular weight is 349 g/mol. The summed E-state index contributed by atoms with van der Waals surface area (Å²) in [6.45, 7) is 4.07. The molecule has 1 N–H and O–H groups in total. The standard InChI is InChI=1S/C16H21ClN6O/c1-21(2)11-12-3-4-14(18-9-12)23-7-5-22(6-8-23)13-10-19-20-16(24)15(13)17/h3-4,9-10H,5-8,11H2,1-2H3,(H,20,24). The highest BCUT2D eigenvalue weighted by molar-refractivity contribution is 6.33. The fourth-order valence-electron chi connectivity index (χ4n) is 2.83. The van der Waals surface area contributed by atoms with E-state index in [0.717, 1.165) is 38.5 Å². The van der Waals surface area contributed by atoms with Gasteiger partial charge in [0.25, 0.3) is 5.56 Å². The number of nitrogens with one attached hydrogen (secondary N) is 1. The fourth-order valence-corrected chi connectivity index (χ4v) is 3.04. The van der Waals surface area contributed by atoms with Crippen LogP contribution in [0.5, 0.6) is 0 Å². The monoisotopic (exact) mass is 348 g/mol. The molecule has 0 saturated carbocycles. The Labute approximate surface area is 145 Å². The van der Waals surface area contributed by atoms with Crippen LogP contribution in [0.15, 0.2) is 29.3 Å². The summed E-state index contributed by atoms with van der Waals surface area (Å²) in [5, 5.41) is 6.38. The summed E-state index contributed by atoms with van der Waals surface area (Å²) >= 11 is 6.08. The van der Waals surface area contributed by atoms with Gasteiger partial charge in [-0.25, -0.2) is 10.1 Å². The van der Waals surface area contributed by atoms with Crippen molar-refractivity contribution in [1.82, 2.24) is 20.1 Å². The lowest BCUT2D eigenvalue weighted by Gasteiger charge is -2.36. The molecule has 0 radical (unpaired) electrons. The topological polar surface area (TPSA) is 68.4 Å². The summed E-state index contributed by atoms with van der Waals surface area (Å²) in [5.74, 6) is 0.979. The third-order valence-electron chi connectivity index (χ3n) is 4.03. The Hall–Kier alpha value is -2.12. The third-order valence-corrected chi connectivity index (χ3v) is 4.39. The van der Waals surface area contributed by atoms with Gasteiger partial charge in [0.15, 0.2) is 0 Å². The Bertz CT molecular complexity index is 737. The lowest BCUT2D eigenvalue weighted by Crippen LogP contribution is -2.47. The van der Waals surface area contributed by atoms with Crippen molar-refractivity contribution in [2.45, 2.75) is 6.54 Å². The van der Waals surface area contributed by atoms with Crippen LogP contribution in [-0.2, 0) is 6.54 Å². The molecule has 0 aliphatic carbocycles. The fraction of sp³-hybridized carbons (Fsp3) is 0.438. The van der Waals surface area contributed by atoms with Crippen molar-refractivity contribution in [3.63, 3.8) is 0 Å². The van der Waals surface area contributed by atoms with Crippen molar-refractivity contribution in [3.05, 3.63) is 45.5 Å². The highest BCUT2D eigenvalue weighted by Gasteiger charge is 2.21. The number of H-pyrrole nitrogens is 1. The average Bonchev–Trinajstić information content (AvgIpc) is 2.58. The van der Waals surface area contributed by atoms with Crippen LogP contribution < -0.4 is 15.4 Å². The predicted octanol–water partition coefficient (Wildman–Crippen LogP) is 1.21. The molecule has 24 heavy (non-hydrogen) atoms. The maximum absolute atomic E-state index is 11.6. The Morgan fingerprint density at radius 1 is 1.17 bits per heavy atom. The summed E-state index contributed by atoms with van der Waals surface area (Å²) in [5.41, 5.74) is 1.54. The normalized spacial score (nSPS) is 15.2. The minimum atomic E-state index is -0.352. The molecular formula is C16H21ClN6O. The van der Waals surface area contributed by atoms with Gasteiger partial charge in [0, 0.05) is 38.9 Å². The second-order valence-corrected chi connectivity index (χ2v) is 6.51. The number of nitrogens with zero attached hydrogens (tertiary/aromatic N) is 5. The minimum absolute atomic E-state index is 0.199. The van der Waals surface area contributed by atoms with E-state index in [1.807, 2.05) is 20.3 Å². The van der Waals surface area contributed by atoms with Crippen LogP contribution in [-0.4, -0.2) is 60.4 Å². The third kappa shape index (κ3) is 3.68. The molecule has 7 nitrogen and oxygen atoms in total. The van der Waals surface area contributed by atoms with Crippen LogP contribution in [0.2, 0.25) is 5.02 Å². The number of hydrogen-bond acceptors (Lipinski definition) is 6. The van der Waals surface area contributed by atoms with Crippen LogP contribution >= 0.6 is 11.6 Å². The van der Waals surface area contributed by atoms with E-state index in [-0.39, 0.29) is 10.6 Å². The molecule has 1 saturated heterocycles. The number of aromatic amines is 1. The largest absolute Gasteiger partial charge is 0.365 e. The Kier molecular flexibility index (Phi) is 5.01. The molecule has 0 spiro atoms. The molecule has 2 aromatic heterocycles. The summed E-state index contributed by atoms with van der Waals surface area (Å²) in [4.78, 5) is 22.6. The first-order valence-corrected chi connectivity index (χ1v) is 8.25.